The van der Waals surface area contributed by atoms with E-state index in [9.17, 15) is 0 Å². The average Bonchev–Trinajstić information content (AvgIpc) is 2.84. The van der Waals surface area contributed by atoms with Gasteiger partial charge >= 0.3 is 0 Å². The number of hydrogen-bond donors (Lipinski definition) is 0. The van der Waals surface area contributed by atoms with E-state index >= 15 is 0 Å². The van der Waals surface area contributed by atoms with Gasteiger partial charge in [0.05, 0.1) is 0 Å². The summed E-state index contributed by atoms with van der Waals surface area (Å²) in [6.45, 7) is 3.76. The minimum atomic E-state index is 0.225. The van der Waals surface area contributed by atoms with Gasteiger partial charge in [0.2, 0.25) is 11.2 Å². The van der Waals surface area contributed by atoms with Gasteiger partial charge in [0.15, 0.2) is 0 Å². The fourth-order valence-electron chi connectivity index (χ4n) is 1.47. The summed E-state index contributed by atoms with van der Waals surface area (Å²) in [7, 11) is 0. The number of thiophene rings is 1. The van der Waals surface area contributed by atoms with Crippen molar-refractivity contribution in [3.63, 3.8) is 0 Å². The van der Waals surface area contributed by atoms with Crippen molar-refractivity contribution in [3.05, 3.63) is 22.1 Å². The van der Waals surface area contributed by atoms with E-state index in [0.717, 1.165) is 20.1 Å². The lowest BCUT2D eigenvalue weighted by molar-refractivity contribution is 0.429. The van der Waals surface area contributed by atoms with E-state index in [-0.39, 0.29) is 5.28 Å². The second-order valence-electron chi connectivity index (χ2n) is 3.56. The number of aromatic nitrogens is 4. The van der Waals surface area contributed by atoms with Gasteiger partial charge in [-0.15, -0.1) is 21.5 Å². The average molecular weight is 299 g/mol. The molecule has 0 spiro atoms. The van der Waals surface area contributed by atoms with Crippen molar-refractivity contribution < 1.29 is 4.42 Å². The minimum Gasteiger partial charge on any atom is -0.416 e. The lowest BCUT2D eigenvalue weighted by Crippen LogP contribution is -1.86. The Kier molecular flexibility index (Phi) is 2.96. The molecule has 0 fully saturated rings. The van der Waals surface area contributed by atoms with Gasteiger partial charge in [0.1, 0.15) is 9.86 Å². The second-order valence-corrected chi connectivity index (χ2v) is 6.08. The van der Waals surface area contributed by atoms with Crippen LogP contribution in [0.5, 0.6) is 0 Å². The summed E-state index contributed by atoms with van der Waals surface area (Å²) in [4.78, 5) is 10.4. The van der Waals surface area contributed by atoms with E-state index in [1.807, 2.05) is 13.0 Å². The van der Waals surface area contributed by atoms with Gasteiger partial charge in [0, 0.05) is 17.2 Å². The molecule has 3 aromatic rings. The highest BCUT2D eigenvalue weighted by molar-refractivity contribution is 7.99. The van der Waals surface area contributed by atoms with Gasteiger partial charge in [0.25, 0.3) is 5.22 Å². The number of fused-ring (bicyclic) bond motifs is 1. The molecule has 92 valence electrons. The van der Waals surface area contributed by atoms with Crippen LogP contribution in [0.4, 0.5) is 0 Å². The molecule has 0 aliphatic carbocycles. The first-order valence-corrected chi connectivity index (χ1v) is 7.04. The summed E-state index contributed by atoms with van der Waals surface area (Å²) in [6, 6.07) is 2.03. The number of hydrogen-bond acceptors (Lipinski definition) is 7. The van der Waals surface area contributed by atoms with E-state index < -0.39 is 0 Å². The highest BCUT2D eigenvalue weighted by atomic mass is 35.5. The Morgan fingerprint density at radius 1 is 1.28 bits per heavy atom. The maximum atomic E-state index is 5.91. The Morgan fingerprint density at radius 3 is 2.83 bits per heavy atom. The molecule has 0 saturated carbocycles. The van der Waals surface area contributed by atoms with Gasteiger partial charge in [-0.2, -0.15) is 0 Å². The van der Waals surface area contributed by atoms with Crippen LogP contribution < -0.4 is 0 Å². The Labute approximate surface area is 116 Å². The summed E-state index contributed by atoms with van der Waals surface area (Å²) in [5.74, 6) is 0.524. The highest BCUT2D eigenvalue weighted by Gasteiger charge is 2.14. The van der Waals surface area contributed by atoms with Crippen molar-refractivity contribution in [2.45, 2.75) is 24.1 Å². The first kappa shape index (κ1) is 11.9. The summed E-state index contributed by atoms with van der Waals surface area (Å²) in [5, 5.41) is 10.1. The third kappa shape index (κ3) is 2.21. The molecule has 3 aromatic heterocycles. The molecule has 0 aliphatic rings. The molecule has 0 aromatic carbocycles. The van der Waals surface area contributed by atoms with Gasteiger partial charge in [-0.1, -0.05) is 0 Å². The lowest BCUT2D eigenvalue weighted by atomic mass is 10.4. The largest absolute Gasteiger partial charge is 0.416 e. The number of aryl methyl sites for hydroxylation is 2. The molecule has 8 heteroatoms. The molecule has 0 aliphatic heterocycles. The first-order valence-electron chi connectivity index (χ1n) is 5.03. The van der Waals surface area contributed by atoms with Crippen LogP contribution in [0.3, 0.4) is 0 Å². The maximum absolute atomic E-state index is 5.91. The standard InChI is InChI=1S/C10H7ClN4OS2/c1-4-3-6-7(17-4)12-9(11)13-8(6)18-10-15-14-5(2)16-10/h3H,1-2H3. The van der Waals surface area contributed by atoms with E-state index in [0.29, 0.717) is 11.1 Å². The molecule has 0 N–H and O–H groups in total. The zero-order valence-corrected chi connectivity index (χ0v) is 11.9. The van der Waals surface area contributed by atoms with Crippen LogP contribution >= 0.6 is 34.7 Å². The van der Waals surface area contributed by atoms with Crippen LogP contribution in [0.1, 0.15) is 10.8 Å². The zero-order chi connectivity index (χ0) is 12.7. The monoisotopic (exact) mass is 298 g/mol. The molecule has 18 heavy (non-hydrogen) atoms. The van der Waals surface area contributed by atoms with Crippen LogP contribution in [0.15, 0.2) is 20.7 Å². The fraction of sp³-hybridized carbons (Fsp3) is 0.200. The van der Waals surface area contributed by atoms with Gasteiger partial charge in [-0.3, -0.25) is 0 Å². The van der Waals surface area contributed by atoms with E-state index in [2.05, 4.69) is 20.2 Å². The minimum absolute atomic E-state index is 0.225. The van der Waals surface area contributed by atoms with E-state index in [1.165, 1.54) is 11.8 Å². The number of rotatable bonds is 2. The van der Waals surface area contributed by atoms with E-state index in [4.69, 9.17) is 16.0 Å². The third-order valence-electron chi connectivity index (χ3n) is 2.15. The molecule has 0 bridgehead atoms. The molecular weight excluding hydrogens is 292 g/mol. The van der Waals surface area contributed by atoms with Gasteiger partial charge in [-0.25, -0.2) is 9.97 Å². The van der Waals surface area contributed by atoms with Crippen molar-refractivity contribution in [1.29, 1.82) is 0 Å². The van der Waals surface area contributed by atoms with Gasteiger partial charge in [-0.05, 0) is 36.4 Å². The van der Waals surface area contributed by atoms with Crippen molar-refractivity contribution >= 4 is 44.9 Å². The SMILES string of the molecule is Cc1nnc(Sc2nc(Cl)nc3sc(C)cc23)o1. The Hall–Kier alpha value is -1.18. The van der Waals surface area contributed by atoms with Crippen LogP contribution in [-0.2, 0) is 0 Å². The maximum Gasteiger partial charge on any atom is 0.282 e. The highest BCUT2D eigenvalue weighted by Crippen LogP contribution is 2.35. The van der Waals surface area contributed by atoms with Gasteiger partial charge < -0.3 is 4.42 Å². The summed E-state index contributed by atoms with van der Waals surface area (Å²) in [6.07, 6.45) is 0. The molecule has 0 amide bonds. The quantitative estimate of drug-likeness (QED) is 0.533. The Bertz CT molecular complexity index is 724. The van der Waals surface area contributed by atoms with Crippen molar-refractivity contribution in [3.8, 4) is 0 Å². The molecule has 0 saturated heterocycles. The number of nitrogens with zero attached hydrogens (tertiary/aromatic N) is 4. The first-order chi connectivity index (χ1) is 8.61. The molecule has 0 atom stereocenters. The molecule has 5 nitrogen and oxygen atoms in total. The Morgan fingerprint density at radius 2 is 2.11 bits per heavy atom. The zero-order valence-electron chi connectivity index (χ0n) is 9.47. The summed E-state index contributed by atoms with van der Waals surface area (Å²) >= 11 is 8.79. The Balaban J connectivity index is 2.10. The lowest BCUT2D eigenvalue weighted by Gasteiger charge is -1.98. The van der Waals surface area contributed by atoms with Crippen molar-refractivity contribution in [1.82, 2.24) is 20.2 Å². The summed E-state index contributed by atoms with van der Waals surface area (Å²) in [5.41, 5.74) is 0. The number of halogens is 1. The predicted molar refractivity (Wildman–Crippen MR) is 70.3 cm³/mol. The molecule has 3 rings (SSSR count). The summed E-state index contributed by atoms with van der Waals surface area (Å²) < 4.78 is 5.32. The third-order valence-corrected chi connectivity index (χ3v) is 4.10. The normalized spacial score (nSPS) is 11.3. The molecule has 0 unspecified atom stereocenters. The molecule has 0 radical (unpaired) electrons. The smallest absolute Gasteiger partial charge is 0.282 e. The van der Waals surface area contributed by atoms with Crippen LogP contribution in [-0.4, -0.2) is 20.2 Å². The second kappa shape index (κ2) is 4.49. The molecule has 3 heterocycles. The van der Waals surface area contributed by atoms with E-state index in [1.54, 1.807) is 18.3 Å². The fourth-order valence-corrected chi connectivity index (χ4v) is 3.49. The van der Waals surface area contributed by atoms with Crippen LogP contribution in [0.2, 0.25) is 5.28 Å². The van der Waals surface area contributed by atoms with Crippen molar-refractivity contribution in [2.75, 3.05) is 0 Å². The van der Waals surface area contributed by atoms with Crippen molar-refractivity contribution in [2.24, 2.45) is 0 Å². The van der Waals surface area contributed by atoms with Crippen LogP contribution in [0, 0.1) is 13.8 Å². The molecular formula is C10H7ClN4OS2. The topological polar surface area (TPSA) is 64.7 Å². The predicted octanol–water partition coefficient (Wildman–Crippen LogP) is 3.50. The van der Waals surface area contributed by atoms with Crippen LogP contribution in [0.25, 0.3) is 10.2 Å².